The number of halogens is 1. The number of carbonyl (C=O) groups excluding carboxylic acids is 1. The van der Waals surface area contributed by atoms with Crippen molar-refractivity contribution < 1.29 is 18.7 Å². The number of hydrogen-bond donors (Lipinski definition) is 0. The lowest BCUT2D eigenvalue weighted by Gasteiger charge is -2.24. The lowest BCUT2D eigenvalue weighted by molar-refractivity contribution is 0.0748. The van der Waals surface area contributed by atoms with E-state index in [1.165, 1.54) is 0 Å². The van der Waals surface area contributed by atoms with Gasteiger partial charge in [-0.1, -0.05) is 43.5 Å². The Hall–Kier alpha value is -3.25. The van der Waals surface area contributed by atoms with E-state index in [9.17, 15) is 9.59 Å². The van der Waals surface area contributed by atoms with Gasteiger partial charge in [0.05, 0.1) is 30.7 Å². The van der Waals surface area contributed by atoms with Crippen molar-refractivity contribution in [1.29, 1.82) is 0 Å². The Labute approximate surface area is 203 Å². The standard InChI is InChI=1S/C27H28ClNO5/c1-5-7-8-12-33-20-10-9-17(14-22(20)32-4)24-23-25(30)18-15-19(28)16(3)13-21(18)34-26(23)27(31)29(24)11-6-2/h6,9-10,13-15,24H,2,5,7-8,11-12H2,1,3-4H3. The number of ether oxygens (including phenoxy) is 2. The van der Waals surface area contributed by atoms with Crippen LogP contribution in [0.3, 0.4) is 0 Å². The number of methoxy groups -OCH3 is 1. The van der Waals surface area contributed by atoms with E-state index in [0.717, 1.165) is 30.4 Å². The minimum absolute atomic E-state index is 0.0462. The van der Waals surface area contributed by atoms with Gasteiger partial charge in [0.1, 0.15) is 5.58 Å². The highest BCUT2D eigenvalue weighted by molar-refractivity contribution is 6.32. The summed E-state index contributed by atoms with van der Waals surface area (Å²) >= 11 is 6.29. The van der Waals surface area contributed by atoms with Crippen molar-refractivity contribution in [2.24, 2.45) is 0 Å². The molecule has 1 aromatic heterocycles. The zero-order valence-corrected chi connectivity index (χ0v) is 20.4. The minimum atomic E-state index is -0.649. The molecule has 1 unspecified atom stereocenters. The van der Waals surface area contributed by atoms with E-state index >= 15 is 0 Å². The second-order valence-corrected chi connectivity index (χ2v) is 8.79. The van der Waals surface area contributed by atoms with Crippen LogP contribution in [0.1, 0.15) is 59.5 Å². The maximum atomic E-state index is 13.6. The molecule has 0 fully saturated rings. The van der Waals surface area contributed by atoms with Crippen molar-refractivity contribution in [2.75, 3.05) is 20.3 Å². The van der Waals surface area contributed by atoms with Gasteiger partial charge in [-0.05, 0) is 48.7 Å². The number of unbranched alkanes of at least 4 members (excludes halogenated alkanes) is 2. The SMILES string of the molecule is C=CCN1C(=O)c2oc3cc(C)c(Cl)cc3c(=O)c2C1c1ccc(OCCCCC)c(OC)c1. The number of fused-ring (bicyclic) bond motifs is 2. The lowest BCUT2D eigenvalue weighted by Crippen LogP contribution is -2.29. The van der Waals surface area contributed by atoms with Gasteiger partial charge in [0.2, 0.25) is 5.76 Å². The Balaban J connectivity index is 1.83. The van der Waals surface area contributed by atoms with E-state index in [-0.39, 0.29) is 29.2 Å². The number of rotatable bonds is 9. The summed E-state index contributed by atoms with van der Waals surface area (Å²) in [6.07, 6.45) is 4.78. The molecule has 34 heavy (non-hydrogen) atoms. The van der Waals surface area contributed by atoms with Crippen LogP contribution < -0.4 is 14.9 Å². The van der Waals surface area contributed by atoms with E-state index in [2.05, 4.69) is 13.5 Å². The second-order valence-electron chi connectivity index (χ2n) is 8.39. The molecule has 178 valence electrons. The van der Waals surface area contributed by atoms with Crippen LogP contribution >= 0.6 is 11.6 Å². The van der Waals surface area contributed by atoms with Crippen LogP contribution in [-0.2, 0) is 0 Å². The monoisotopic (exact) mass is 481 g/mol. The molecule has 0 spiro atoms. The van der Waals surface area contributed by atoms with Gasteiger partial charge < -0.3 is 18.8 Å². The van der Waals surface area contributed by atoms with Crippen LogP contribution in [0, 0.1) is 6.92 Å². The van der Waals surface area contributed by atoms with Gasteiger partial charge in [-0.15, -0.1) is 6.58 Å². The molecule has 0 N–H and O–H groups in total. The van der Waals surface area contributed by atoms with Crippen molar-refractivity contribution in [3.63, 3.8) is 0 Å². The van der Waals surface area contributed by atoms with Gasteiger partial charge in [0.25, 0.3) is 5.91 Å². The number of benzene rings is 2. The fourth-order valence-electron chi connectivity index (χ4n) is 4.32. The van der Waals surface area contributed by atoms with Gasteiger partial charge in [-0.3, -0.25) is 9.59 Å². The van der Waals surface area contributed by atoms with Gasteiger partial charge in [-0.2, -0.15) is 0 Å². The molecule has 7 heteroatoms. The summed E-state index contributed by atoms with van der Waals surface area (Å²) < 4.78 is 17.5. The number of nitrogens with zero attached hydrogens (tertiary/aromatic N) is 1. The Kier molecular flexibility index (Phi) is 6.98. The summed E-state index contributed by atoms with van der Waals surface area (Å²) in [6.45, 7) is 8.58. The summed E-state index contributed by atoms with van der Waals surface area (Å²) in [7, 11) is 1.57. The van der Waals surface area contributed by atoms with E-state index in [1.807, 2.05) is 25.1 Å². The molecule has 1 aliphatic heterocycles. The molecule has 2 heterocycles. The predicted molar refractivity (Wildman–Crippen MR) is 133 cm³/mol. The molecule has 6 nitrogen and oxygen atoms in total. The minimum Gasteiger partial charge on any atom is -0.493 e. The first-order valence-electron chi connectivity index (χ1n) is 11.4. The molecule has 0 saturated heterocycles. The smallest absolute Gasteiger partial charge is 0.291 e. The average molecular weight is 482 g/mol. The Morgan fingerprint density at radius 3 is 2.68 bits per heavy atom. The molecular formula is C27H28ClNO5. The highest BCUT2D eigenvalue weighted by atomic mass is 35.5. The van der Waals surface area contributed by atoms with E-state index in [0.29, 0.717) is 34.1 Å². The third-order valence-corrected chi connectivity index (χ3v) is 6.49. The molecule has 0 saturated carbocycles. The summed E-state index contributed by atoms with van der Waals surface area (Å²) in [4.78, 5) is 28.5. The van der Waals surface area contributed by atoms with Crippen LogP contribution in [0.5, 0.6) is 11.5 Å². The highest BCUT2D eigenvalue weighted by Gasteiger charge is 2.42. The van der Waals surface area contributed by atoms with Crippen LogP contribution in [0.4, 0.5) is 0 Å². The predicted octanol–water partition coefficient (Wildman–Crippen LogP) is 6.06. The average Bonchev–Trinajstić information content (AvgIpc) is 3.10. The van der Waals surface area contributed by atoms with E-state index in [4.69, 9.17) is 25.5 Å². The molecular weight excluding hydrogens is 454 g/mol. The molecule has 0 aliphatic carbocycles. The lowest BCUT2D eigenvalue weighted by atomic mass is 9.97. The fraction of sp³-hybridized carbons (Fsp3) is 0.333. The molecule has 1 aliphatic rings. The number of carbonyl (C=O) groups is 1. The van der Waals surface area contributed by atoms with Gasteiger partial charge in [0.15, 0.2) is 16.9 Å². The highest BCUT2D eigenvalue weighted by Crippen LogP contribution is 2.41. The topological polar surface area (TPSA) is 69.0 Å². The quantitative estimate of drug-likeness (QED) is 0.274. The van der Waals surface area contributed by atoms with Gasteiger partial charge in [0, 0.05) is 11.6 Å². The fourth-order valence-corrected chi connectivity index (χ4v) is 4.49. The first-order valence-corrected chi connectivity index (χ1v) is 11.8. The summed E-state index contributed by atoms with van der Waals surface area (Å²) in [5.74, 6) is 0.850. The van der Waals surface area contributed by atoms with Crippen molar-refractivity contribution in [2.45, 2.75) is 39.2 Å². The summed E-state index contributed by atoms with van der Waals surface area (Å²) in [5.41, 5.74) is 1.84. The van der Waals surface area contributed by atoms with Crippen molar-refractivity contribution in [3.8, 4) is 11.5 Å². The summed E-state index contributed by atoms with van der Waals surface area (Å²) in [6, 6.07) is 8.12. The number of amides is 1. The van der Waals surface area contributed by atoms with E-state index < -0.39 is 6.04 Å². The number of aryl methyl sites for hydroxylation is 1. The molecule has 3 aromatic rings. The first-order chi connectivity index (χ1) is 16.4. The Morgan fingerprint density at radius 2 is 1.97 bits per heavy atom. The van der Waals surface area contributed by atoms with Crippen LogP contribution in [0.15, 0.2) is 52.2 Å². The van der Waals surface area contributed by atoms with Gasteiger partial charge >= 0.3 is 0 Å². The Morgan fingerprint density at radius 1 is 1.18 bits per heavy atom. The van der Waals surface area contributed by atoms with Crippen LogP contribution in [0.2, 0.25) is 5.02 Å². The molecule has 0 bridgehead atoms. The van der Waals surface area contributed by atoms with Crippen molar-refractivity contribution >= 4 is 28.5 Å². The maximum Gasteiger partial charge on any atom is 0.291 e. The van der Waals surface area contributed by atoms with Crippen LogP contribution in [-0.4, -0.2) is 31.1 Å². The summed E-state index contributed by atoms with van der Waals surface area (Å²) in [5, 5.41) is 0.810. The number of hydrogen-bond acceptors (Lipinski definition) is 5. The zero-order chi connectivity index (χ0) is 24.4. The normalized spacial score (nSPS) is 15.0. The zero-order valence-electron chi connectivity index (χ0n) is 19.7. The van der Waals surface area contributed by atoms with Gasteiger partial charge in [-0.25, -0.2) is 0 Å². The van der Waals surface area contributed by atoms with Crippen molar-refractivity contribution in [1.82, 2.24) is 4.90 Å². The first kappa shape index (κ1) is 23.9. The van der Waals surface area contributed by atoms with Crippen LogP contribution in [0.25, 0.3) is 11.0 Å². The second kappa shape index (κ2) is 9.94. The molecule has 2 aromatic carbocycles. The molecule has 1 atom stereocenters. The maximum absolute atomic E-state index is 13.6. The van der Waals surface area contributed by atoms with E-state index in [1.54, 1.807) is 30.2 Å². The molecule has 1 amide bonds. The molecule has 0 radical (unpaired) electrons. The third kappa shape index (κ3) is 4.18. The van der Waals surface area contributed by atoms with Crippen molar-refractivity contribution in [3.05, 3.63) is 80.7 Å². The molecule has 4 rings (SSSR count). The third-order valence-electron chi connectivity index (χ3n) is 6.08. The Bertz CT molecular complexity index is 1310. The largest absolute Gasteiger partial charge is 0.493 e.